The molecule has 0 unspecified atom stereocenters. The largest absolute Gasteiger partial charge is 0.248 e. The van der Waals surface area contributed by atoms with E-state index < -0.39 is 0 Å². The van der Waals surface area contributed by atoms with Crippen molar-refractivity contribution >= 4 is 0 Å². The maximum atomic E-state index is 3.65. The molecular formula is C5H6N3. The molecule has 0 fully saturated rings. The fourth-order valence-electron chi connectivity index (χ4n) is 0.423. The molecule has 1 aromatic rings. The maximum Gasteiger partial charge on any atom is 0.134 e. The van der Waals surface area contributed by atoms with Gasteiger partial charge in [0.15, 0.2) is 0 Å². The van der Waals surface area contributed by atoms with Crippen LogP contribution >= 0.6 is 0 Å². The molecule has 1 rings (SSSR count). The van der Waals surface area contributed by atoms with Gasteiger partial charge in [-0.2, -0.15) is 0 Å². The Kier molecular flexibility index (Phi) is 1.42. The van der Waals surface area contributed by atoms with E-state index in [2.05, 4.69) is 23.1 Å². The topological polar surface area (TPSA) is 30.7 Å². The fraction of sp³-hybridized carbons (Fsp3) is 0.200. The van der Waals surface area contributed by atoms with E-state index in [0.717, 1.165) is 0 Å². The molecule has 0 saturated heterocycles. The number of hydrogen-bond donors (Lipinski definition) is 0. The molecule has 0 bridgehead atoms. The minimum absolute atomic E-state index is 0.705. The molecule has 0 atom stereocenters. The second-order valence-corrected chi connectivity index (χ2v) is 1.36. The first-order chi connectivity index (χ1) is 3.93. The molecule has 0 aliphatic rings. The molecular weight excluding hydrogens is 102 g/mol. The lowest BCUT2D eigenvalue weighted by molar-refractivity contribution is 0.662. The summed E-state index contributed by atoms with van der Waals surface area (Å²) in [5.41, 5.74) is 0. The van der Waals surface area contributed by atoms with Gasteiger partial charge in [0.05, 0.1) is 12.7 Å². The van der Waals surface area contributed by atoms with E-state index in [-0.39, 0.29) is 0 Å². The van der Waals surface area contributed by atoms with Gasteiger partial charge >= 0.3 is 0 Å². The third kappa shape index (κ3) is 0.932. The molecule has 0 N–H and O–H groups in total. The normalized spacial score (nSPS) is 9.00. The van der Waals surface area contributed by atoms with E-state index in [1.54, 1.807) is 17.0 Å². The number of allylic oxidation sites excluding steroid dienone is 1. The zero-order valence-corrected chi connectivity index (χ0v) is 4.41. The quantitative estimate of drug-likeness (QED) is 0.509. The first kappa shape index (κ1) is 5.03. The standard InChI is InChI=1S/C5H6N3/c1-2-4-8-5-3-6-7-8/h2,5H,1,4H2. The van der Waals surface area contributed by atoms with Crippen LogP contribution in [0.5, 0.6) is 0 Å². The molecule has 1 aromatic heterocycles. The average Bonchev–Trinajstić information content (AvgIpc) is 2.19. The molecule has 0 aromatic carbocycles. The van der Waals surface area contributed by atoms with Crippen molar-refractivity contribution in [2.24, 2.45) is 0 Å². The van der Waals surface area contributed by atoms with Gasteiger partial charge < -0.3 is 0 Å². The SMILES string of the molecule is C=CCn1c[c]nn1. The Balaban J connectivity index is 2.62. The molecule has 0 saturated carbocycles. The maximum absolute atomic E-state index is 3.65. The van der Waals surface area contributed by atoms with Crippen molar-refractivity contribution in [3.05, 3.63) is 25.0 Å². The molecule has 41 valence electrons. The second kappa shape index (κ2) is 2.26. The molecule has 0 aliphatic heterocycles. The number of nitrogens with zero attached hydrogens (tertiary/aromatic N) is 3. The van der Waals surface area contributed by atoms with E-state index in [1.165, 1.54) is 0 Å². The summed E-state index contributed by atoms with van der Waals surface area (Å²) in [4.78, 5) is 0. The smallest absolute Gasteiger partial charge is 0.134 e. The number of aromatic nitrogens is 3. The van der Waals surface area contributed by atoms with Crippen LogP contribution in [0.25, 0.3) is 0 Å². The average molecular weight is 108 g/mol. The van der Waals surface area contributed by atoms with Gasteiger partial charge in [-0.25, -0.2) is 4.68 Å². The van der Waals surface area contributed by atoms with Crippen molar-refractivity contribution in [1.82, 2.24) is 15.0 Å². The fourth-order valence-corrected chi connectivity index (χ4v) is 0.423. The van der Waals surface area contributed by atoms with E-state index in [9.17, 15) is 0 Å². The predicted octanol–water partition coefficient (Wildman–Crippen LogP) is 0.264. The molecule has 0 spiro atoms. The second-order valence-electron chi connectivity index (χ2n) is 1.36. The van der Waals surface area contributed by atoms with E-state index in [4.69, 9.17) is 0 Å². The molecule has 8 heavy (non-hydrogen) atoms. The van der Waals surface area contributed by atoms with Crippen LogP contribution in [0.3, 0.4) is 0 Å². The molecule has 1 radical (unpaired) electrons. The van der Waals surface area contributed by atoms with Crippen molar-refractivity contribution in [2.45, 2.75) is 6.54 Å². The summed E-state index contributed by atoms with van der Waals surface area (Å²) in [7, 11) is 0. The van der Waals surface area contributed by atoms with Crippen LogP contribution in [0.4, 0.5) is 0 Å². The Morgan fingerprint density at radius 3 is 3.25 bits per heavy atom. The summed E-state index contributed by atoms with van der Waals surface area (Å²) < 4.78 is 1.65. The van der Waals surface area contributed by atoms with Crippen molar-refractivity contribution in [1.29, 1.82) is 0 Å². The highest BCUT2D eigenvalue weighted by atomic mass is 15.4. The van der Waals surface area contributed by atoms with Crippen LogP contribution < -0.4 is 0 Å². The summed E-state index contributed by atoms with van der Waals surface area (Å²) in [6.07, 6.45) is 5.99. The van der Waals surface area contributed by atoms with Crippen molar-refractivity contribution in [2.75, 3.05) is 0 Å². The minimum atomic E-state index is 0.705. The Morgan fingerprint density at radius 2 is 2.75 bits per heavy atom. The van der Waals surface area contributed by atoms with E-state index in [1.807, 2.05) is 0 Å². The Hall–Kier alpha value is -1.12. The Labute approximate surface area is 47.6 Å². The predicted molar refractivity (Wildman–Crippen MR) is 29.1 cm³/mol. The lowest BCUT2D eigenvalue weighted by Gasteiger charge is -1.87. The van der Waals surface area contributed by atoms with Gasteiger partial charge in [-0.3, -0.25) is 0 Å². The van der Waals surface area contributed by atoms with Gasteiger partial charge in [0, 0.05) is 0 Å². The summed E-state index contributed by atoms with van der Waals surface area (Å²) >= 11 is 0. The Morgan fingerprint density at radius 1 is 1.88 bits per heavy atom. The lowest BCUT2D eigenvalue weighted by Crippen LogP contribution is -1.94. The molecule has 0 amide bonds. The highest BCUT2D eigenvalue weighted by Crippen LogP contribution is 1.77. The van der Waals surface area contributed by atoms with Crippen molar-refractivity contribution in [3.8, 4) is 0 Å². The van der Waals surface area contributed by atoms with Crippen LogP contribution in [0, 0.1) is 6.20 Å². The number of rotatable bonds is 2. The van der Waals surface area contributed by atoms with Crippen LogP contribution in [0.2, 0.25) is 0 Å². The van der Waals surface area contributed by atoms with E-state index >= 15 is 0 Å². The lowest BCUT2D eigenvalue weighted by atomic mass is 10.6. The van der Waals surface area contributed by atoms with Crippen LogP contribution in [-0.4, -0.2) is 15.0 Å². The highest BCUT2D eigenvalue weighted by molar-refractivity contribution is 4.69. The van der Waals surface area contributed by atoms with Gasteiger partial charge in [0.25, 0.3) is 0 Å². The first-order valence-electron chi connectivity index (χ1n) is 2.30. The molecule has 3 nitrogen and oxygen atoms in total. The summed E-state index contributed by atoms with van der Waals surface area (Å²) in [6, 6.07) is 0. The van der Waals surface area contributed by atoms with Crippen LogP contribution in [0.15, 0.2) is 18.9 Å². The third-order valence-corrected chi connectivity index (χ3v) is 0.740. The van der Waals surface area contributed by atoms with Gasteiger partial charge in [-0.15, -0.1) is 11.7 Å². The first-order valence-corrected chi connectivity index (χ1v) is 2.30. The zero-order valence-electron chi connectivity index (χ0n) is 4.41. The molecule has 0 aliphatic carbocycles. The summed E-state index contributed by atoms with van der Waals surface area (Å²) in [6.45, 7) is 4.24. The summed E-state index contributed by atoms with van der Waals surface area (Å²) in [5, 5.41) is 7.13. The van der Waals surface area contributed by atoms with Gasteiger partial charge in [-0.1, -0.05) is 11.3 Å². The van der Waals surface area contributed by atoms with E-state index in [0.29, 0.717) is 6.54 Å². The Bertz CT molecular complexity index is 154. The molecule has 1 heterocycles. The van der Waals surface area contributed by atoms with Gasteiger partial charge in [0.2, 0.25) is 0 Å². The third-order valence-electron chi connectivity index (χ3n) is 0.740. The zero-order chi connectivity index (χ0) is 5.82. The van der Waals surface area contributed by atoms with Crippen LogP contribution in [0.1, 0.15) is 0 Å². The van der Waals surface area contributed by atoms with Gasteiger partial charge in [0.1, 0.15) is 6.20 Å². The molecule has 3 heteroatoms. The van der Waals surface area contributed by atoms with Crippen molar-refractivity contribution in [3.63, 3.8) is 0 Å². The van der Waals surface area contributed by atoms with Crippen molar-refractivity contribution < 1.29 is 0 Å². The van der Waals surface area contributed by atoms with Gasteiger partial charge in [-0.05, 0) is 0 Å². The summed E-state index contributed by atoms with van der Waals surface area (Å²) in [5.74, 6) is 0. The van der Waals surface area contributed by atoms with Crippen LogP contribution in [-0.2, 0) is 6.54 Å². The minimum Gasteiger partial charge on any atom is -0.248 e. The highest BCUT2D eigenvalue weighted by Gasteiger charge is 1.81. The monoisotopic (exact) mass is 108 g/mol. The number of hydrogen-bond acceptors (Lipinski definition) is 2.